The molecule has 9 heteroatoms. The Hall–Kier alpha value is -2.48. The topological polar surface area (TPSA) is 55.8 Å². The lowest BCUT2D eigenvalue weighted by Crippen LogP contribution is -2.17. The molecule has 1 aliphatic rings. The lowest BCUT2D eigenvalue weighted by Gasteiger charge is -2.14. The van der Waals surface area contributed by atoms with Crippen molar-refractivity contribution in [1.82, 2.24) is 0 Å². The van der Waals surface area contributed by atoms with E-state index in [1.807, 2.05) is 0 Å². The van der Waals surface area contributed by atoms with E-state index in [9.17, 15) is 22.4 Å². The molecule has 2 aromatic carbocycles. The van der Waals surface area contributed by atoms with Gasteiger partial charge in [0.25, 0.3) is 0 Å². The predicted molar refractivity (Wildman–Crippen MR) is 87.8 cm³/mol. The molecular weight excluding hydrogens is 392 g/mol. The Bertz CT molecular complexity index is 878. The molecule has 2 aromatic rings. The van der Waals surface area contributed by atoms with Gasteiger partial charge in [0.15, 0.2) is 0 Å². The highest BCUT2D eigenvalue weighted by atomic mass is 35.5. The number of carbonyl (C=O) groups is 1. The minimum atomic E-state index is -4.88. The van der Waals surface area contributed by atoms with Crippen LogP contribution >= 0.6 is 11.6 Å². The largest absolute Gasteiger partial charge is 0.573 e. The first kappa shape index (κ1) is 19.3. The molecule has 4 nitrogen and oxygen atoms in total. The fourth-order valence-electron chi connectivity index (χ4n) is 2.67. The van der Waals surface area contributed by atoms with E-state index in [0.717, 1.165) is 31.0 Å². The maximum absolute atomic E-state index is 14.0. The summed E-state index contributed by atoms with van der Waals surface area (Å²) in [6.45, 7) is -0.158. The maximum Gasteiger partial charge on any atom is 0.573 e. The van der Waals surface area contributed by atoms with Crippen LogP contribution in [0.4, 0.5) is 17.6 Å². The monoisotopic (exact) mass is 404 g/mol. The summed E-state index contributed by atoms with van der Waals surface area (Å²) < 4.78 is 60.3. The molecule has 0 aromatic heterocycles. The number of aromatic carboxylic acids is 1. The first-order valence-electron chi connectivity index (χ1n) is 7.87. The molecule has 27 heavy (non-hydrogen) atoms. The quantitative estimate of drug-likeness (QED) is 0.643. The van der Waals surface area contributed by atoms with E-state index in [1.165, 1.54) is 12.1 Å². The van der Waals surface area contributed by atoms with Crippen molar-refractivity contribution in [3.05, 3.63) is 57.9 Å². The second kappa shape index (κ2) is 7.26. The van der Waals surface area contributed by atoms with Crippen LogP contribution in [0.3, 0.4) is 0 Å². The number of rotatable bonds is 6. The summed E-state index contributed by atoms with van der Waals surface area (Å²) in [6, 6.07) is 5.65. The second-order valence-corrected chi connectivity index (χ2v) is 6.51. The van der Waals surface area contributed by atoms with Crippen molar-refractivity contribution in [2.45, 2.75) is 31.7 Å². The smallest absolute Gasteiger partial charge is 0.489 e. The fourth-order valence-corrected chi connectivity index (χ4v) is 2.88. The molecular formula is C18H13ClF4O4. The van der Waals surface area contributed by atoms with E-state index in [1.54, 1.807) is 0 Å². The molecule has 0 heterocycles. The van der Waals surface area contributed by atoms with E-state index in [2.05, 4.69) is 4.74 Å². The molecule has 0 unspecified atom stereocenters. The zero-order valence-electron chi connectivity index (χ0n) is 13.6. The Labute approximate surface area is 156 Å². The molecule has 0 saturated heterocycles. The zero-order chi connectivity index (χ0) is 19.8. The van der Waals surface area contributed by atoms with Crippen molar-refractivity contribution in [1.29, 1.82) is 0 Å². The van der Waals surface area contributed by atoms with Crippen LogP contribution in [0, 0.1) is 5.82 Å². The highest BCUT2D eigenvalue weighted by Gasteiger charge is 2.31. The molecule has 0 spiro atoms. The standard InChI is InChI=1S/C18H13ClF4O4/c19-11-4-12(6-13(5-11)27-18(21,22)23)26-8-10-3-16(20)15(17(24)25)7-14(10)9-1-2-9/h3-7,9H,1-2,8H2,(H,24,25). The zero-order valence-corrected chi connectivity index (χ0v) is 14.4. The lowest BCUT2D eigenvalue weighted by atomic mass is 10.00. The van der Waals surface area contributed by atoms with Crippen LogP contribution in [-0.2, 0) is 6.61 Å². The van der Waals surface area contributed by atoms with Gasteiger partial charge in [0.1, 0.15) is 23.9 Å². The van der Waals surface area contributed by atoms with Crippen molar-refractivity contribution >= 4 is 17.6 Å². The van der Waals surface area contributed by atoms with E-state index in [0.29, 0.717) is 11.1 Å². The summed E-state index contributed by atoms with van der Waals surface area (Å²) in [5, 5.41) is 9.03. The van der Waals surface area contributed by atoms with Gasteiger partial charge in [-0.25, -0.2) is 9.18 Å². The van der Waals surface area contributed by atoms with Gasteiger partial charge in [-0.3, -0.25) is 0 Å². The Morgan fingerprint density at radius 3 is 2.41 bits per heavy atom. The van der Waals surface area contributed by atoms with E-state index < -0.39 is 29.5 Å². The van der Waals surface area contributed by atoms with Crippen molar-refractivity contribution in [2.24, 2.45) is 0 Å². The van der Waals surface area contributed by atoms with Gasteiger partial charge in [-0.2, -0.15) is 0 Å². The molecule has 1 aliphatic carbocycles. The number of alkyl halides is 3. The summed E-state index contributed by atoms with van der Waals surface area (Å²) in [5.41, 5.74) is 0.658. The van der Waals surface area contributed by atoms with Crippen LogP contribution in [0.1, 0.15) is 40.2 Å². The van der Waals surface area contributed by atoms with Gasteiger partial charge in [0.05, 0.1) is 5.56 Å². The molecule has 0 amide bonds. The maximum atomic E-state index is 14.0. The number of ether oxygens (including phenoxy) is 2. The second-order valence-electron chi connectivity index (χ2n) is 6.07. The summed E-state index contributed by atoms with van der Waals surface area (Å²) >= 11 is 5.78. The van der Waals surface area contributed by atoms with Crippen molar-refractivity contribution in [2.75, 3.05) is 0 Å². The molecule has 0 aliphatic heterocycles. The summed E-state index contributed by atoms with van der Waals surface area (Å²) in [6.07, 6.45) is -3.19. The van der Waals surface area contributed by atoms with Crippen molar-refractivity contribution in [3.8, 4) is 11.5 Å². The Morgan fingerprint density at radius 2 is 1.81 bits per heavy atom. The van der Waals surface area contributed by atoms with Crippen LogP contribution in [-0.4, -0.2) is 17.4 Å². The van der Waals surface area contributed by atoms with Crippen LogP contribution in [0.15, 0.2) is 30.3 Å². The molecule has 0 atom stereocenters. The number of halogens is 5. The van der Waals surface area contributed by atoms with Gasteiger partial charge in [-0.15, -0.1) is 13.2 Å². The van der Waals surface area contributed by atoms with Crippen LogP contribution < -0.4 is 9.47 Å². The number of hydrogen-bond donors (Lipinski definition) is 1. The highest BCUT2D eigenvalue weighted by Crippen LogP contribution is 2.43. The van der Waals surface area contributed by atoms with Gasteiger partial charge >= 0.3 is 12.3 Å². The van der Waals surface area contributed by atoms with E-state index in [-0.39, 0.29) is 23.3 Å². The third kappa shape index (κ3) is 5.03. The van der Waals surface area contributed by atoms with Gasteiger partial charge in [0, 0.05) is 11.1 Å². The average molecular weight is 405 g/mol. The normalized spacial score (nSPS) is 14.1. The third-order valence-corrected chi connectivity index (χ3v) is 4.17. The van der Waals surface area contributed by atoms with Gasteiger partial charge < -0.3 is 14.6 Å². The minimum Gasteiger partial charge on any atom is -0.489 e. The summed E-state index contributed by atoms with van der Waals surface area (Å²) in [7, 11) is 0. The average Bonchev–Trinajstić information content (AvgIpc) is 3.35. The summed E-state index contributed by atoms with van der Waals surface area (Å²) in [5.74, 6) is -2.69. The number of hydrogen-bond acceptors (Lipinski definition) is 3. The molecule has 0 radical (unpaired) electrons. The number of carboxylic acid groups (broad SMARTS) is 1. The van der Waals surface area contributed by atoms with Crippen molar-refractivity contribution in [3.63, 3.8) is 0 Å². The Balaban J connectivity index is 1.82. The van der Waals surface area contributed by atoms with Crippen molar-refractivity contribution < 1.29 is 36.9 Å². The molecule has 1 saturated carbocycles. The Morgan fingerprint density at radius 1 is 1.15 bits per heavy atom. The first-order valence-corrected chi connectivity index (χ1v) is 8.25. The van der Waals surface area contributed by atoms with Gasteiger partial charge in [-0.05, 0) is 54.2 Å². The third-order valence-electron chi connectivity index (χ3n) is 3.95. The lowest BCUT2D eigenvalue weighted by molar-refractivity contribution is -0.274. The highest BCUT2D eigenvalue weighted by molar-refractivity contribution is 6.30. The van der Waals surface area contributed by atoms with Gasteiger partial charge in [0.2, 0.25) is 0 Å². The number of carboxylic acids is 1. The van der Waals surface area contributed by atoms with Crippen LogP contribution in [0.2, 0.25) is 5.02 Å². The summed E-state index contributed by atoms with van der Waals surface area (Å²) in [4.78, 5) is 11.1. The van der Waals surface area contributed by atoms with Crippen LogP contribution in [0.25, 0.3) is 0 Å². The SMILES string of the molecule is O=C(O)c1cc(C2CC2)c(COc2cc(Cl)cc(OC(F)(F)F)c2)cc1F. The molecule has 1 fully saturated rings. The number of benzene rings is 2. The minimum absolute atomic E-state index is 0.00576. The van der Waals surface area contributed by atoms with E-state index in [4.69, 9.17) is 21.4 Å². The first-order chi connectivity index (χ1) is 12.6. The molecule has 0 bridgehead atoms. The molecule has 3 rings (SSSR count). The van der Waals surface area contributed by atoms with Gasteiger partial charge in [-0.1, -0.05) is 11.6 Å². The predicted octanol–water partition coefficient (Wildman–Crippen LogP) is 5.53. The molecule has 1 N–H and O–H groups in total. The molecule has 144 valence electrons. The fraction of sp³-hybridized carbons (Fsp3) is 0.278. The van der Waals surface area contributed by atoms with Crippen LogP contribution in [0.5, 0.6) is 11.5 Å². The van der Waals surface area contributed by atoms with E-state index >= 15 is 0 Å². The Kier molecular flexibility index (Phi) is 5.19.